The smallest absolute Gasteiger partial charge is 0.271 e. The number of imidazole rings is 1. The van der Waals surface area contributed by atoms with Gasteiger partial charge in [-0.3, -0.25) is 0 Å². The first kappa shape index (κ1) is 9.43. The predicted molar refractivity (Wildman–Crippen MR) is 49.5 cm³/mol. The Labute approximate surface area is 81.1 Å². The van der Waals surface area contributed by atoms with Crippen LogP contribution in [0.15, 0.2) is 12.4 Å². The standard InChI is InChI=1S/C9H13F2N3/c1-8(2)5-14(6-9(8,10)11)7-12-3-4-13-7/h3-4H,5-6H2,1-2H3,(H,12,13). The quantitative estimate of drug-likeness (QED) is 0.752. The number of alkyl halides is 2. The molecule has 3 nitrogen and oxygen atoms in total. The molecule has 0 aromatic carbocycles. The van der Waals surface area contributed by atoms with E-state index in [1.54, 1.807) is 31.1 Å². The van der Waals surface area contributed by atoms with E-state index in [1.807, 2.05) is 0 Å². The Kier molecular flexibility index (Phi) is 1.81. The molecule has 0 radical (unpaired) electrons. The fraction of sp³-hybridized carbons (Fsp3) is 0.667. The maximum absolute atomic E-state index is 13.5. The molecule has 1 aliphatic heterocycles. The van der Waals surface area contributed by atoms with Gasteiger partial charge in [-0.1, -0.05) is 13.8 Å². The van der Waals surface area contributed by atoms with Crippen LogP contribution in [0.1, 0.15) is 13.8 Å². The zero-order chi connectivity index (χ0) is 10.4. The molecule has 1 saturated heterocycles. The number of aromatic nitrogens is 2. The third-order valence-corrected chi connectivity index (χ3v) is 2.75. The Hall–Kier alpha value is -1.13. The van der Waals surface area contributed by atoms with Crippen molar-refractivity contribution in [2.75, 3.05) is 18.0 Å². The largest absolute Gasteiger partial charge is 0.336 e. The van der Waals surface area contributed by atoms with Crippen molar-refractivity contribution in [3.8, 4) is 0 Å². The lowest BCUT2D eigenvalue weighted by molar-refractivity contribution is -0.0643. The third-order valence-electron chi connectivity index (χ3n) is 2.75. The molecule has 1 aromatic rings. The number of halogens is 2. The molecule has 0 saturated carbocycles. The van der Waals surface area contributed by atoms with Crippen LogP contribution in [0.3, 0.4) is 0 Å². The summed E-state index contributed by atoms with van der Waals surface area (Å²) in [5.74, 6) is -2.13. The monoisotopic (exact) mass is 201 g/mol. The summed E-state index contributed by atoms with van der Waals surface area (Å²) in [5.41, 5.74) is -0.986. The van der Waals surface area contributed by atoms with E-state index in [2.05, 4.69) is 9.97 Å². The molecule has 2 rings (SSSR count). The van der Waals surface area contributed by atoms with E-state index in [-0.39, 0.29) is 6.54 Å². The van der Waals surface area contributed by atoms with Crippen molar-refractivity contribution in [2.24, 2.45) is 5.41 Å². The summed E-state index contributed by atoms with van der Waals surface area (Å²) >= 11 is 0. The minimum absolute atomic E-state index is 0.256. The lowest BCUT2D eigenvalue weighted by atomic mass is 9.89. The summed E-state index contributed by atoms with van der Waals surface area (Å²) in [5, 5.41) is 0. The van der Waals surface area contributed by atoms with E-state index in [4.69, 9.17) is 0 Å². The van der Waals surface area contributed by atoms with Crippen LogP contribution in [-0.4, -0.2) is 29.0 Å². The van der Waals surface area contributed by atoms with Crippen LogP contribution in [0, 0.1) is 5.41 Å². The van der Waals surface area contributed by atoms with Gasteiger partial charge in [0.25, 0.3) is 5.92 Å². The molecule has 1 aliphatic rings. The zero-order valence-electron chi connectivity index (χ0n) is 8.22. The summed E-state index contributed by atoms with van der Waals surface area (Å²) in [7, 11) is 0. The van der Waals surface area contributed by atoms with Gasteiger partial charge in [-0.25, -0.2) is 13.8 Å². The van der Waals surface area contributed by atoms with Gasteiger partial charge in [0, 0.05) is 24.4 Å². The van der Waals surface area contributed by atoms with Crippen molar-refractivity contribution in [3.05, 3.63) is 12.4 Å². The van der Waals surface area contributed by atoms with E-state index < -0.39 is 11.3 Å². The van der Waals surface area contributed by atoms with Crippen LogP contribution in [0.2, 0.25) is 0 Å². The Balaban J connectivity index is 2.22. The SMILES string of the molecule is CC1(C)CN(c2ncc[nH]2)CC1(F)F. The Morgan fingerprint density at radius 3 is 2.57 bits per heavy atom. The number of nitrogens with one attached hydrogen (secondary N) is 1. The van der Waals surface area contributed by atoms with Crippen molar-refractivity contribution in [1.29, 1.82) is 0 Å². The maximum atomic E-state index is 13.5. The average Bonchev–Trinajstić information content (AvgIpc) is 2.58. The molecule has 5 heteroatoms. The summed E-state index contributed by atoms with van der Waals surface area (Å²) in [6.07, 6.45) is 3.21. The molecular formula is C9H13F2N3. The van der Waals surface area contributed by atoms with E-state index in [0.29, 0.717) is 12.5 Å². The zero-order valence-corrected chi connectivity index (χ0v) is 8.22. The van der Waals surface area contributed by atoms with Crippen molar-refractivity contribution in [1.82, 2.24) is 9.97 Å². The first-order chi connectivity index (χ1) is 6.42. The number of nitrogens with zero attached hydrogens (tertiary/aromatic N) is 2. The lowest BCUT2D eigenvalue weighted by Gasteiger charge is -2.23. The Morgan fingerprint density at radius 2 is 2.14 bits per heavy atom. The normalized spacial score (nSPS) is 24.1. The molecular weight excluding hydrogens is 188 g/mol. The van der Waals surface area contributed by atoms with Gasteiger partial charge < -0.3 is 9.88 Å². The predicted octanol–water partition coefficient (Wildman–Crippen LogP) is 1.89. The molecule has 0 atom stereocenters. The van der Waals surface area contributed by atoms with E-state index in [1.165, 1.54) is 0 Å². The minimum Gasteiger partial charge on any atom is -0.336 e. The van der Waals surface area contributed by atoms with Gasteiger partial charge in [-0.05, 0) is 0 Å². The maximum Gasteiger partial charge on any atom is 0.271 e. The summed E-state index contributed by atoms with van der Waals surface area (Å²) < 4.78 is 27.0. The van der Waals surface area contributed by atoms with Crippen LogP contribution in [-0.2, 0) is 0 Å². The van der Waals surface area contributed by atoms with Gasteiger partial charge in [0.15, 0.2) is 0 Å². The number of anilines is 1. The highest BCUT2D eigenvalue weighted by Gasteiger charge is 2.54. The molecule has 2 heterocycles. The van der Waals surface area contributed by atoms with Gasteiger partial charge in [0.1, 0.15) is 0 Å². The Bertz CT molecular complexity index is 303. The van der Waals surface area contributed by atoms with Gasteiger partial charge >= 0.3 is 0 Å². The van der Waals surface area contributed by atoms with Crippen LogP contribution in [0.25, 0.3) is 0 Å². The van der Waals surface area contributed by atoms with E-state index >= 15 is 0 Å². The molecule has 1 aromatic heterocycles. The summed E-state index contributed by atoms with van der Waals surface area (Å²) in [6.45, 7) is 3.23. The van der Waals surface area contributed by atoms with Crippen LogP contribution in [0.5, 0.6) is 0 Å². The molecule has 0 amide bonds. The summed E-state index contributed by atoms with van der Waals surface area (Å²) in [6, 6.07) is 0. The topological polar surface area (TPSA) is 31.9 Å². The van der Waals surface area contributed by atoms with Gasteiger partial charge in [0.2, 0.25) is 5.95 Å². The second-order valence-electron chi connectivity index (χ2n) is 4.36. The fourth-order valence-corrected chi connectivity index (χ4v) is 1.68. The van der Waals surface area contributed by atoms with Crippen molar-refractivity contribution < 1.29 is 8.78 Å². The first-order valence-corrected chi connectivity index (χ1v) is 4.54. The molecule has 0 aliphatic carbocycles. The number of rotatable bonds is 1. The molecule has 14 heavy (non-hydrogen) atoms. The lowest BCUT2D eigenvalue weighted by Crippen LogP contribution is -2.34. The van der Waals surface area contributed by atoms with Crippen LogP contribution >= 0.6 is 0 Å². The molecule has 1 N–H and O–H groups in total. The summed E-state index contributed by atoms with van der Waals surface area (Å²) in [4.78, 5) is 8.39. The molecule has 0 unspecified atom stereocenters. The van der Waals surface area contributed by atoms with E-state index in [0.717, 1.165) is 0 Å². The molecule has 78 valence electrons. The molecule has 0 spiro atoms. The number of hydrogen-bond donors (Lipinski definition) is 1. The van der Waals surface area contributed by atoms with Gasteiger partial charge in [-0.15, -0.1) is 0 Å². The number of aromatic amines is 1. The molecule has 1 fully saturated rings. The van der Waals surface area contributed by atoms with Crippen LogP contribution < -0.4 is 4.90 Å². The van der Waals surface area contributed by atoms with Crippen LogP contribution in [0.4, 0.5) is 14.7 Å². The van der Waals surface area contributed by atoms with Crippen molar-refractivity contribution in [2.45, 2.75) is 19.8 Å². The van der Waals surface area contributed by atoms with Crippen molar-refractivity contribution >= 4 is 5.95 Å². The number of H-pyrrole nitrogens is 1. The highest BCUT2D eigenvalue weighted by atomic mass is 19.3. The minimum atomic E-state index is -2.65. The van der Waals surface area contributed by atoms with Gasteiger partial charge in [-0.2, -0.15) is 0 Å². The highest BCUT2D eigenvalue weighted by molar-refractivity contribution is 5.34. The third kappa shape index (κ3) is 1.27. The highest BCUT2D eigenvalue weighted by Crippen LogP contribution is 2.43. The Morgan fingerprint density at radius 1 is 1.43 bits per heavy atom. The number of hydrogen-bond acceptors (Lipinski definition) is 2. The van der Waals surface area contributed by atoms with Gasteiger partial charge in [0.05, 0.1) is 6.54 Å². The average molecular weight is 201 g/mol. The van der Waals surface area contributed by atoms with Crippen molar-refractivity contribution in [3.63, 3.8) is 0 Å². The second-order valence-corrected chi connectivity index (χ2v) is 4.36. The second kappa shape index (κ2) is 2.68. The fourth-order valence-electron chi connectivity index (χ4n) is 1.68. The first-order valence-electron chi connectivity index (χ1n) is 4.54. The van der Waals surface area contributed by atoms with E-state index in [9.17, 15) is 8.78 Å². The molecule has 0 bridgehead atoms.